The van der Waals surface area contributed by atoms with Gasteiger partial charge in [0.05, 0.1) is 6.20 Å². The average molecular weight is 223 g/mol. The summed E-state index contributed by atoms with van der Waals surface area (Å²) in [7, 11) is 0. The average Bonchev–Trinajstić information content (AvgIpc) is 2.78. The molecule has 0 unspecified atom stereocenters. The van der Waals surface area contributed by atoms with Gasteiger partial charge in [0.2, 0.25) is 0 Å². The summed E-state index contributed by atoms with van der Waals surface area (Å²) in [4.78, 5) is 0. The number of rotatable bonds is 4. The Kier molecular flexibility index (Phi) is 3.61. The lowest BCUT2D eigenvalue weighted by Crippen LogP contribution is -2.40. The normalized spacial score (nSPS) is 19.9. The number of aromatic nitrogens is 2. The summed E-state index contributed by atoms with van der Waals surface area (Å²) in [5, 5.41) is 17.2. The molecule has 2 rings (SSSR count). The Balaban J connectivity index is 2.05. The van der Waals surface area contributed by atoms with Gasteiger partial charge in [-0.3, -0.25) is 4.68 Å². The van der Waals surface area contributed by atoms with E-state index in [9.17, 15) is 5.11 Å². The van der Waals surface area contributed by atoms with Crippen LogP contribution >= 0.6 is 0 Å². The molecule has 4 heteroatoms. The number of hydrogen-bond acceptors (Lipinski definition) is 3. The fourth-order valence-corrected chi connectivity index (χ4v) is 2.45. The topological polar surface area (TPSA) is 50.1 Å². The number of aryl methyl sites for hydroxylation is 1. The highest BCUT2D eigenvalue weighted by molar-refractivity contribution is 5.08. The summed E-state index contributed by atoms with van der Waals surface area (Å²) in [5.41, 5.74) is 1.32. The molecule has 1 aliphatic rings. The van der Waals surface area contributed by atoms with Crippen LogP contribution in [-0.4, -0.2) is 34.6 Å². The zero-order valence-corrected chi connectivity index (χ0v) is 9.95. The van der Waals surface area contributed by atoms with E-state index in [0.29, 0.717) is 0 Å². The van der Waals surface area contributed by atoms with Gasteiger partial charge in [0.1, 0.15) is 0 Å². The zero-order chi connectivity index (χ0) is 11.4. The van der Waals surface area contributed by atoms with Crippen LogP contribution in [0.4, 0.5) is 0 Å². The molecule has 1 aromatic rings. The van der Waals surface area contributed by atoms with Crippen molar-refractivity contribution in [1.29, 1.82) is 0 Å². The molecule has 0 saturated carbocycles. The van der Waals surface area contributed by atoms with Gasteiger partial charge in [-0.2, -0.15) is 5.10 Å². The summed E-state index contributed by atoms with van der Waals surface area (Å²) in [6.45, 7) is 5.31. The Morgan fingerprint density at radius 3 is 2.81 bits per heavy atom. The number of piperidine rings is 1. The van der Waals surface area contributed by atoms with E-state index in [2.05, 4.69) is 23.5 Å². The van der Waals surface area contributed by atoms with Gasteiger partial charge in [0.25, 0.3) is 0 Å². The number of aliphatic hydroxyl groups is 1. The van der Waals surface area contributed by atoms with E-state index in [0.717, 1.165) is 38.9 Å². The van der Waals surface area contributed by atoms with Crippen molar-refractivity contribution in [2.45, 2.75) is 32.7 Å². The lowest BCUT2D eigenvalue weighted by molar-refractivity contribution is 0.0893. The molecule has 0 spiro atoms. The van der Waals surface area contributed by atoms with E-state index in [1.165, 1.54) is 5.56 Å². The van der Waals surface area contributed by atoms with Crippen LogP contribution in [0, 0.1) is 5.41 Å². The lowest BCUT2D eigenvalue weighted by atomic mass is 9.75. The van der Waals surface area contributed by atoms with Gasteiger partial charge in [-0.05, 0) is 44.8 Å². The van der Waals surface area contributed by atoms with Gasteiger partial charge in [-0.15, -0.1) is 0 Å². The van der Waals surface area contributed by atoms with E-state index >= 15 is 0 Å². The first-order chi connectivity index (χ1) is 7.78. The fourth-order valence-electron chi connectivity index (χ4n) is 2.45. The third-order valence-electron chi connectivity index (χ3n) is 3.59. The van der Waals surface area contributed by atoms with Crippen molar-refractivity contribution in [1.82, 2.24) is 15.1 Å². The first-order valence-corrected chi connectivity index (χ1v) is 6.11. The van der Waals surface area contributed by atoms with Gasteiger partial charge in [0, 0.05) is 24.8 Å². The number of nitrogens with zero attached hydrogens (tertiary/aromatic N) is 2. The Hall–Kier alpha value is -0.870. The van der Waals surface area contributed by atoms with Crippen molar-refractivity contribution in [3.05, 3.63) is 18.0 Å². The van der Waals surface area contributed by atoms with Crippen molar-refractivity contribution >= 4 is 0 Å². The molecule has 0 atom stereocenters. The monoisotopic (exact) mass is 223 g/mol. The third kappa shape index (κ3) is 2.44. The molecule has 0 aliphatic carbocycles. The molecule has 90 valence electrons. The molecular weight excluding hydrogens is 202 g/mol. The van der Waals surface area contributed by atoms with Crippen LogP contribution in [0.1, 0.15) is 25.3 Å². The van der Waals surface area contributed by atoms with Crippen LogP contribution < -0.4 is 5.32 Å². The highest BCUT2D eigenvalue weighted by Gasteiger charge is 2.31. The van der Waals surface area contributed by atoms with E-state index in [4.69, 9.17) is 0 Å². The Bertz CT molecular complexity index is 329. The number of hydrogen-bond donors (Lipinski definition) is 2. The molecule has 2 N–H and O–H groups in total. The van der Waals surface area contributed by atoms with Crippen LogP contribution in [0.2, 0.25) is 0 Å². The van der Waals surface area contributed by atoms with Crippen molar-refractivity contribution in [2.24, 2.45) is 5.41 Å². The largest absolute Gasteiger partial charge is 0.396 e. The van der Waals surface area contributed by atoms with E-state index in [-0.39, 0.29) is 12.0 Å². The molecule has 16 heavy (non-hydrogen) atoms. The maximum absolute atomic E-state index is 9.61. The molecule has 1 aliphatic heterocycles. The second-order valence-corrected chi connectivity index (χ2v) is 4.79. The van der Waals surface area contributed by atoms with Crippen LogP contribution in [0.15, 0.2) is 12.4 Å². The van der Waals surface area contributed by atoms with Gasteiger partial charge in [-0.25, -0.2) is 0 Å². The first-order valence-electron chi connectivity index (χ1n) is 6.11. The minimum absolute atomic E-state index is 0.0762. The third-order valence-corrected chi connectivity index (χ3v) is 3.59. The lowest BCUT2D eigenvalue weighted by Gasteiger charge is -2.35. The predicted octanol–water partition coefficient (Wildman–Crippen LogP) is 0.808. The Morgan fingerprint density at radius 2 is 2.25 bits per heavy atom. The van der Waals surface area contributed by atoms with Crippen LogP contribution in [0.3, 0.4) is 0 Å². The summed E-state index contributed by atoms with van der Waals surface area (Å²) < 4.78 is 1.95. The molecule has 1 saturated heterocycles. The van der Waals surface area contributed by atoms with E-state index < -0.39 is 0 Å². The molecule has 4 nitrogen and oxygen atoms in total. The SMILES string of the molecule is CCn1cc(CC2(CO)CCNCC2)cn1. The van der Waals surface area contributed by atoms with Crippen molar-refractivity contribution < 1.29 is 5.11 Å². The quantitative estimate of drug-likeness (QED) is 0.794. The summed E-state index contributed by atoms with van der Waals surface area (Å²) in [6.07, 6.45) is 7.09. The van der Waals surface area contributed by atoms with Crippen LogP contribution in [0.5, 0.6) is 0 Å². The maximum Gasteiger partial charge on any atom is 0.0521 e. The smallest absolute Gasteiger partial charge is 0.0521 e. The Labute approximate surface area is 96.7 Å². The predicted molar refractivity (Wildman–Crippen MR) is 63.2 cm³/mol. The second kappa shape index (κ2) is 4.97. The molecule has 1 aromatic heterocycles. The van der Waals surface area contributed by atoms with E-state index in [1.54, 1.807) is 0 Å². The second-order valence-electron chi connectivity index (χ2n) is 4.79. The molecule has 0 amide bonds. The van der Waals surface area contributed by atoms with Gasteiger partial charge in [0.15, 0.2) is 0 Å². The van der Waals surface area contributed by atoms with Crippen molar-refractivity contribution in [3.63, 3.8) is 0 Å². The number of nitrogens with one attached hydrogen (secondary N) is 1. The van der Waals surface area contributed by atoms with Crippen molar-refractivity contribution in [2.75, 3.05) is 19.7 Å². The molecule has 2 heterocycles. The summed E-state index contributed by atoms with van der Waals surface area (Å²) in [5.74, 6) is 0. The number of aliphatic hydroxyl groups excluding tert-OH is 1. The van der Waals surface area contributed by atoms with E-state index in [1.807, 2.05) is 10.9 Å². The maximum atomic E-state index is 9.61. The van der Waals surface area contributed by atoms with Crippen LogP contribution in [-0.2, 0) is 13.0 Å². The minimum atomic E-state index is 0.0762. The Morgan fingerprint density at radius 1 is 1.50 bits per heavy atom. The summed E-state index contributed by atoms with van der Waals surface area (Å²) in [6, 6.07) is 0. The zero-order valence-electron chi connectivity index (χ0n) is 9.95. The van der Waals surface area contributed by atoms with Gasteiger partial charge in [-0.1, -0.05) is 0 Å². The van der Waals surface area contributed by atoms with Crippen molar-refractivity contribution in [3.8, 4) is 0 Å². The highest BCUT2D eigenvalue weighted by Crippen LogP contribution is 2.32. The minimum Gasteiger partial charge on any atom is -0.396 e. The molecule has 1 fully saturated rings. The molecule has 0 bridgehead atoms. The first kappa shape index (κ1) is 11.6. The fraction of sp³-hybridized carbons (Fsp3) is 0.750. The standard InChI is InChI=1S/C12H21N3O/c1-2-15-9-11(8-14-15)7-12(10-16)3-5-13-6-4-12/h8-9,13,16H,2-7,10H2,1H3. The summed E-state index contributed by atoms with van der Waals surface area (Å²) >= 11 is 0. The molecular formula is C12H21N3O. The van der Waals surface area contributed by atoms with Crippen LogP contribution in [0.25, 0.3) is 0 Å². The molecule has 0 radical (unpaired) electrons. The molecule has 0 aromatic carbocycles. The van der Waals surface area contributed by atoms with Gasteiger partial charge >= 0.3 is 0 Å². The highest BCUT2D eigenvalue weighted by atomic mass is 16.3. The van der Waals surface area contributed by atoms with Gasteiger partial charge < -0.3 is 10.4 Å².